The second-order valence-electron chi connectivity index (χ2n) is 6.31. The SMILES string of the molecule is COC(=O)C1=C(C(=O)OC)N(c2ccccc2C(=O)N2CCNC(=O)C2)COC1. The first kappa shape index (κ1) is 20.3. The lowest BCUT2D eigenvalue weighted by molar-refractivity contribution is -0.140. The zero-order chi connectivity index (χ0) is 21.0. The fourth-order valence-electron chi connectivity index (χ4n) is 3.21. The van der Waals surface area contributed by atoms with Gasteiger partial charge in [-0.2, -0.15) is 0 Å². The highest BCUT2D eigenvalue weighted by Gasteiger charge is 2.34. The number of nitrogens with zero attached hydrogens (tertiary/aromatic N) is 2. The molecular formula is C19H21N3O7. The van der Waals surface area contributed by atoms with Crippen LogP contribution in [0.5, 0.6) is 0 Å². The van der Waals surface area contributed by atoms with Gasteiger partial charge in [-0.15, -0.1) is 0 Å². The summed E-state index contributed by atoms with van der Waals surface area (Å²) in [7, 11) is 2.39. The third-order valence-electron chi connectivity index (χ3n) is 4.58. The third kappa shape index (κ3) is 4.06. The van der Waals surface area contributed by atoms with Crippen LogP contribution in [0.2, 0.25) is 0 Å². The predicted octanol–water partition coefficient (Wildman–Crippen LogP) is -0.347. The summed E-state index contributed by atoms with van der Waals surface area (Å²) in [5.74, 6) is -2.10. The molecule has 1 aromatic rings. The Morgan fingerprint density at radius 3 is 2.52 bits per heavy atom. The Hall–Kier alpha value is -3.40. The zero-order valence-electron chi connectivity index (χ0n) is 16.1. The quantitative estimate of drug-likeness (QED) is 0.679. The highest BCUT2D eigenvalue weighted by atomic mass is 16.5. The van der Waals surface area contributed by atoms with E-state index in [0.29, 0.717) is 18.8 Å². The van der Waals surface area contributed by atoms with Crippen LogP contribution in [0.4, 0.5) is 5.69 Å². The number of carbonyl (C=O) groups is 4. The number of hydrogen-bond acceptors (Lipinski definition) is 8. The summed E-state index contributed by atoms with van der Waals surface area (Å²) in [5, 5.41) is 2.67. The van der Waals surface area contributed by atoms with Crippen molar-refractivity contribution in [3.8, 4) is 0 Å². The monoisotopic (exact) mass is 403 g/mol. The standard InChI is InChI=1S/C19H21N3O7/c1-27-18(25)13-10-29-11-22(16(13)19(26)28-2)14-6-4-3-5-12(14)17(24)21-8-7-20-15(23)9-21/h3-6H,7-11H2,1-2H3,(H,20,23). The molecule has 0 saturated carbocycles. The van der Waals surface area contributed by atoms with Crippen LogP contribution in [0.1, 0.15) is 10.4 Å². The number of anilines is 1. The van der Waals surface area contributed by atoms with Gasteiger partial charge in [0.1, 0.15) is 12.4 Å². The molecule has 1 N–H and O–H groups in total. The molecule has 1 saturated heterocycles. The van der Waals surface area contributed by atoms with E-state index in [9.17, 15) is 19.2 Å². The van der Waals surface area contributed by atoms with Crippen LogP contribution in [-0.2, 0) is 28.6 Å². The summed E-state index contributed by atoms with van der Waals surface area (Å²) in [6.07, 6.45) is 0. The van der Waals surface area contributed by atoms with E-state index in [-0.39, 0.29) is 48.5 Å². The number of esters is 2. The van der Waals surface area contributed by atoms with Gasteiger partial charge in [0, 0.05) is 13.1 Å². The molecule has 29 heavy (non-hydrogen) atoms. The smallest absolute Gasteiger partial charge is 0.355 e. The number of piperazine rings is 1. The Morgan fingerprint density at radius 2 is 1.83 bits per heavy atom. The van der Waals surface area contributed by atoms with E-state index >= 15 is 0 Å². The number of ether oxygens (including phenoxy) is 3. The maximum absolute atomic E-state index is 13.1. The van der Waals surface area contributed by atoms with Gasteiger partial charge in [0.2, 0.25) is 5.91 Å². The molecule has 0 spiro atoms. The topological polar surface area (TPSA) is 114 Å². The molecule has 10 heteroatoms. The summed E-state index contributed by atoms with van der Waals surface area (Å²) < 4.78 is 15.1. The Kier molecular flexibility index (Phi) is 6.13. The molecule has 1 aromatic carbocycles. The average Bonchev–Trinajstić information content (AvgIpc) is 2.77. The minimum Gasteiger partial charge on any atom is -0.466 e. The molecule has 154 valence electrons. The number of carbonyl (C=O) groups excluding carboxylic acids is 4. The van der Waals surface area contributed by atoms with Crippen molar-refractivity contribution >= 4 is 29.4 Å². The van der Waals surface area contributed by atoms with E-state index in [1.165, 1.54) is 24.0 Å². The maximum Gasteiger partial charge on any atom is 0.355 e. The minimum atomic E-state index is -0.756. The third-order valence-corrected chi connectivity index (χ3v) is 4.58. The molecule has 2 aliphatic heterocycles. The summed E-state index contributed by atoms with van der Waals surface area (Å²) in [4.78, 5) is 52.2. The predicted molar refractivity (Wildman–Crippen MR) is 99.7 cm³/mol. The van der Waals surface area contributed by atoms with Gasteiger partial charge < -0.3 is 29.3 Å². The van der Waals surface area contributed by atoms with E-state index in [1.54, 1.807) is 24.3 Å². The molecule has 0 atom stereocenters. The van der Waals surface area contributed by atoms with Crippen LogP contribution in [-0.4, -0.2) is 75.8 Å². The van der Waals surface area contributed by atoms with Crippen molar-refractivity contribution < 1.29 is 33.4 Å². The number of rotatable bonds is 4. The number of benzene rings is 1. The first-order chi connectivity index (χ1) is 14.0. The number of para-hydroxylation sites is 1. The highest BCUT2D eigenvalue weighted by molar-refractivity contribution is 6.06. The molecule has 2 heterocycles. The molecule has 2 aliphatic rings. The largest absolute Gasteiger partial charge is 0.466 e. The molecule has 3 rings (SSSR count). The summed E-state index contributed by atoms with van der Waals surface area (Å²) >= 11 is 0. The van der Waals surface area contributed by atoms with Crippen molar-refractivity contribution in [2.24, 2.45) is 0 Å². The molecular weight excluding hydrogens is 382 g/mol. The van der Waals surface area contributed by atoms with Gasteiger partial charge in [-0.1, -0.05) is 12.1 Å². The molecule has 0 aliphatic carbocycles. The van der Waals surface area contributed by atoms with Crippen molar-refractivity contribution in [1.29, 1.82) is 0 Å². The highest BCUT2D eigenvalue weighted by Crippen LogP contribution is 2.30. The molecule has 0 unspecified atom stereocenters. The van der Waals surface area contributed by atoms with Crippen molar-refractivity contribution in [3.63, 3.8) is 0 Å². The second-order valence-corrected chi connectivity index (χ2v) is 6.31. The van der Waals surface area contributed by atoms with E-state index < -0.39 is 11.9 Å². The zero-order valence-corrected chi connectivity index (χ0v) is 16.1. The molecule has 0 radical (unpaired) electrons. The van der Waals surface area contributed by atoms with Crippen LogP contribution >= 0.6 is 0 Å². The lowest BCUT2D eigenvalue weighted by atomic mass is 10.1. The van der Waals surface area contributed by atoms with Gasteiger partial charge >= 0.3 is 11.9 Å². The number of amides is 2. The van der Waals surface area contributed by atoms with Gasteiger partial charge in [-0.3, -0.25) is 9.59 Å². The first-order valence-electron chi connectivity index (χ1n) is 8.88. The van der Waals surface area contributed by atoms with Crippen LogP contribution < -0.4 is 10.2 Å². The normalized spacial score (nSPS) is 17.0. The lowest BCUT2D eigenvalue weighted by Crippen LogP contribution is -2.50. The summed E-state index contributed by atoms with van der Waals surface area (Å²) in [6.45, 7) is 0.463. The fourth-order valence-corrected chi connectivity index (χ4v) is 3.21. The Labute approximate surface area is 167 Å². The van der Waals surface area contributed by atoms with Gasteiger partial charge in [-0.25, -0.2) is 9.59 Å². The maximum atomic E-state index is 13.1. The molecule has 0 bridgehead atoms. The Bertz CT molecular complexity index is 880. The van der Waals surface area contributed by atoms with Crippen LogP contribution in [0.3, 0.4) is 0 Å². The van der Waals surface area contributed by atoms with Gasteiger partial charge in [0.15, 0.2) is 0 Å². The van der Waals surface area contributed by atoms with E-state index in [4.69, 9.17) is 14.2 Å². The minimum absolute atomic E-state index is 0.00907. The second kappa shape index (κ2) is 8.74. The lowest BCUT2D eigenvalue weighted by Gasteiger charge is -2.33. The average molecular weight is 403 g/mol. The molecule has 2 amide bonds. The van der Waals surface area contributed by atoms with Gasteiger partial charge in [0.25, 0.3) is 5.91 Å². The number of nitrogens with one attached hydrogen (secondary N) is 1. The Balaban J connectivity index is 2.05. The summed E-state index contributed by atoms with van der Waals surface area (Å²) in [5.41, 5.74) is 0.552. The van der Waals surface area contributed by atoms with Crippen LogP contribution in [0.15, 0.2) is 35.5 Å². The van der Waals surface area contributed by atoms with Crippen molar-refractivity contribution in [3.05, 3.63) is 41.1 Å². The van der Waals surface area contributed by atoms with Gasteiger partial charge in [-0.05, 0) is 12.1 Å². The van der Waals surface area contributed by atoms with Crippen LogP contribution in [0, 0.1) is 0 Å². The van der Waals surface area contributed by atoms with Crippen molar-refractivity contribution in [2.45, 2.75) is 0 Å². The molecule has 10 nitrogen and oxygen atoms in total. The fraction of sp³-hybridized carbons (Fsp3) is 0.368. The van der Waals surface area contributed by atoms with Crippen LogP contribution in [0.25, 0.3) is 0 Å². The first-order valence-corrected chi connectivity index (χ1v) is 8.88. The number of methoxy groups -OCH3 is 2. The van der Waals surface area contributed by atoms with E-state index in [2.05, 4.69) is 5.32 Å². The van der Waals surface area contributed by atoms with E-state index in [0.717, 1.165) is 0 Å². The Morgan fingerprint density at radius 1 is 1.10 bits per heavy atom. The number of hydrogen-bond donors (Lipinski definition) is 1. The molecule has 1 fully saturated rings. The van der Waals surface area contributed by atoms with Gasteiger partial charge in [0.05, 0.1) is 44.2 Å². The van der Waals surface area contributed by atoms with Crippen molar-refractivity contribution in [2.75, 3.05) is 52.1 Å². The molecule has 0 aromatic heterocycles. The van der Waals surface area contributed by atoms with E-state index in [1.807, 2.05) is 0 Å². The van der Waals surface area contributed by atoms with Crippen molar-refractivity contribution in [1.82, 2.24) is 10.2 Å². The summed E-state index contributed by atoms with van der Waals surface area (Å²) in [6, 6.07) is 6.58.